The fourth-order valence-corrected chi connectivity index (χ4v) is 2.04. The zero-order valence-electron chi connectivity index (χ0n) is 10.5. The van der Waals surface area contributed by atoms with Gasteiger partial charge in [0.05, 0.1) is 0 Å². The van der Waals surface area contributed by atoms with Crippen LogP contribution in [0.5, 0.6) is 0 Å². The molecule has 6 heteroatoms. The molecule has 0 rings (SSSR count). The van der Waals surface area contributed by atoms with Gasteiger partial charge in [0.15, 0.2) is 0 Å². The van der Waals surface area contributed by atoms with Crippen molar-refractivity contribution in [2.45, 2.75) is 51.9 Å². The number of carbonyl (C=O) groups excluding carboxylic acids is 1. The molecule has 0 aliphatic heterocycles. The summed E-state index contributed by atoms with van der Waals surface area (Å²) >= 11 is 0. The molecule has 0 aliphatic rings. The summed E-state index contributed by atoms with van der Waals surface area (Å²) in [6.07, 6.45) is 7.39. The summed E-state index contributed by atoms with van der Waals surface area (Å²) in [4.78, 5) is 28.2. The van der Waals surface area contributed by atoms with E-state index in [-0.39, 0.29) is 0 Å². The summed E-state index contributed by atoms with van der Waals surface area (Å²) in [5.41, 5.74) is 0. The highest BCUT2D eigenvalue weighted by molar-refractivity contribution is 7.52. The molecule has 0 heterocycles. The van der Waals surface area contributed by atoms with E-state index in [1.165, 1.54) is 25.7 Å². The quantitative estimate of drug-likeness (QED) is 0.416. The number of hydrogen-bond acceptors (Lipinski definition) is 2. The number of hydrogen-bond donors (Lipinski definition) is 3. The van der Waals surface area contributed by atoms with E-state index in [0.29, 0.717) is 6.54 Å². The van der Waals surface area contributed by atoms with Gasteiger partial charge in [0.2, 0.25) is 5.91 Å². The van der Waals surface area contributed by atoms with Crippen molar-refractivity contribution >= 4 is 13.5 Å². The lowest BCUT2D eigenvalue weighted by Crippen LogP contribution is -2.27. The summed E-state index contributed by atoms with van der Waals surface area (Å²) < 4.78 is 10.5. The zero-order chi connectivity index (χ0) is 13.1. The van der Waals surface area contributed by atoms with Crippen molar-refractivity contribution in [3.63, 3.8) is 0 Å². The normalized spacial score (nSPS) is 11.5. The van der Waals surface area contributed by atoms with Gasteiger partial charge in [0.25, 0.3) is 0 Å². The molecule has 0 bridgehead atoms. The smallest absolute Gasteiger partial charge is 0.334 e. The summed E-state index contributed by atoms with van der Waals surface area (Å²) in [5.74, 6) is -0.565. The molecule has 0 aliphatic carbocycles. The first-order chi connectivity index (χ1) is 7.95. The minimum atomic E-state index is -4.21. The van der Waals surface area contributed by atoms with Crippen LogP contribution in [-0.4, -0.2) is 28.4 Å². The topological polar surface area (TPSA) is 86.6 Å². The molecule has 102 valence electrons. The maximum atomic E-state index is 11.0. The van der Waals surface area contributed by atoms with Crippen LogP contribution in [-0.2, 0) is 9.36 Å². The lowest BCUT2D eigenvalue weighted by Gasteiger charge is -2.06. The third-order valence-corrected chi connectivity index (χ3v) is 3.15. The number of unbranched alkanes of at least 4 members (excludes halogenated alkanes) is 6. The van der Waals surface area contributed by atoms with Gasteiger partial charge >= 0.3 is 7.60 Å². The second-order valence-electron chi connectivity index (χ2n) is 4.29. The highest BCUT2D eigenvalue weighted by Crippen LogP contribution is 2.33. The molecule has 0 aromatic carbocycles. The van der Waals surface area contributed by atoms with E-state index in [1.54, 1.807) is 0 Å². The van der Waals surface area contributed by atoms with Crippen LogP contribution in [0.15, 0.2) is 0 Å². The predicted octanol–water partition coefficient (Wildman–Crippen LogP) is 2.03. The Kier molecular flexibility index (Phi) is 9.41. The third kappa shape index (κ3) is 13.6. The van der Waals surface area contributed by atoms with Crippen molar-refractivity contribution in [1.29, 1.82) is 0 Å². The van der Waals surface area contributed by atoms with E-state index in [2.05, 4.69) is 12.2 Å². The van der Waals surface area contributed by atoms with Crippen LogP contribution in [0.3, 0.4) is 0 Å². The van der Waals surface area contributed by atoms with Gasteiger partial charge in [-0.15, -0.1) is 0 Å². The van der Waals surface area contributed by atoms with Gasteiger partial charge in [0, 0.05) is 6.54 Å². The molecule has 3 N–H and O–H groups in total. The minimum Gasteiger partial charge on any atom is -0.356 e. The van der Waals surface area contributed by atoms with Crippen LogP contribution in [0.25, 0.3) is 0 Å². The number of carbonyl (C=O) groups is 1. The lowest BCUT2D eigenvalue weighted by molar-refractivity contribution is -0.118. The van der Waals surface area contributed by atoms with Gasteiger partial charge in [0.1, 0.15) is 6.16 Å². The molecule has 0 spiro atoms. The Balaban J connectivity index is 3.28. The molecule has 0 unspecified atom stereocenters. The second-order valence-corrected chi connectivity index (χ2v) is 5.94. The summed E-state index contributed by atoms with van der Waals surface area (Å²) in [5, 5.41) is 2.51. The Bertz CT molecular complexity index is 252. The van der Waals surface area contributed by atoms with E-state index in [1.807, 2.05) is 0 Å². The first kappa shape index (κ1) is 16.6. The zero-order valence-corrected chi connectivity index (χ0v) is 11.4. The SMILES string of the molecule is CCCCCCCCCNC(=O)CP(=O)(O)O. The molecule has 1 amide bonds. The molecule has 0 aromatic rings. The van der Waals surface area contributed by atoms with Crippen molar-refractivity contribution < 1.29 is 19.1 Å². The van der Waals surface area contributed by atoms with Crippen LogP contribution >= 0.6 is 7.60 Å². The van der Waals surface area contributed by atoms with Gasteiger partial charge < -0.3 is 15.1 Å². The van der Waals surface area contributed by atoms with Gasteiger partial charge in [-0.05, 0) is 6.42 Å². The molecule has 17 heavy (non-hydrogen) atoms. The number of amides is 1. The number of nitrogens with one attached hydrogen (secondary N) is 1. The fourth-order valence-electron chi connectivity index (χ4n) is 1.55. The highest BCUT2D eigenvalue weighted by Gasteiger charge is 2.18. The molecular formula is C11H24NO4P. The maximum absolute atomic E-state index is 11.0. The standard InChI is InChI=1S/C11H24NO4P/c1-2-3-4-5-6-7-8-9-12-11(13)10-17(14,15)16/h2-10H2,1H3,(H,12,13)(H2,14,15,16). The van der Waals surface area contributed by atoms with Crippen LogP contribution in [0.4, 0.5) is 0 Å². The first-order valence-corrected chi connectivity index (χ1v) is 8.06. The van der Waals surface area contributed by atoms with Gasteiger partial charge in [-0.1, -0.05) is 45.4 Å². The average molecular weight is 265 g/mol. The van der Waals surface area contributed by atoms with Crippen molar-refractivity contribution in [3.8, 4) is 0 Å². The molecule has 0 saturated carbocycles. The number of rotatable bonds is 10. The van der Waals surface area contributed by atoms with E-state index in [9.17, 15) is 9.36 Å². The first-order valence-electron chi connectivity index (χ1n) is 6.27. The summed E-state index contributed by atoms with van der Waals surface area (Å²) in [6.45, 7) is 2.68. The van der Waals surface area contributed by atoms with Crippen LogP contribution in [0.1, 0.15) is 51.9 Å². The Morgan fingerprint density at radius 3 is 2.12 bits per heavy atom. The Morgan fingerprint density at radius 1 is 1.06 bits per heavy atom. The van der Waals surface area contributed by atoms with Crippen LogP contribution in [0, 0.1) is 0 Å². The van der Waals surface area contributed by atoms with Crippen LogP contribution in [0.2, 0.25) is 0 Å². The molecular weight excluding hydrogens is 241 g/mol. The van der Waals surface area contributed by atoms with Gasteiger partial charge in [-0.2, -0.15) is 0 Å². The minimum absolute atomic E-state index is 0.507. The van der Waals surface area contributed by atoms with Crippen LogP contribution < -0.4 is 5.32 Å². The lowest BCUT2D eigenvalue weighted by atomic mass is 10.1. The maximum Gasteiger partial charge on any atom is 0.334 e. The average Bonchev–Trinajstić information content (AvgIpc) is 2.19. The second kappa shape index (κ2) is 9.63. The summed E-state index contributed by atoms with van der Waals surface area (Å²) in [6, 6.07) is 0. The van der Waals surface area contributed by atoms with Crippen molar-refractivity contribution in [1.82, 2.24) is 5.32 Å². The highest BCUT2D eigenvalue weighted by atomic mass is 31.2. The molecule has 0 atom stereocenters. The van der Waals surface area contributed by atoms with Crippen molar-refractivity contribution in [2.75, 3.05) is 12.7 Å². The Morgan fingerprint density at radius 2 is 1.59 bits per heavy atom. The fraction of sp³-hybridized carbons (Fsp3) is 0.909. The van der Waals surface area contributed by atoms with E-state index in [0.717, 1.165) is 19.3 Å². The summed E-state index contributed by atoms with van der Waals surface area (Å²) in [7, 11) is -4.21. The predicted molar refractivity (Wildman–Crippen MR) is 67.9 cm³/mol. The molecule has 5 nitrogen and oxygen atoms in total. The van der Waals surface area contributed by atoms with Gasteiger partial charge in [-0.3, -0.25) is 9.36 Å². The third-order valence-electron chi connectivity index (χ3n) is 2.45. The molecule has 0 radical (unpaired) electrons. The Labute approximate surface area is 103 Å². The Hall–Kier alpha value is -0.380. The van der Waals surface area contributed by atoms with Crippen molar-refractivity contribution in [3.05, 3.63) is 0 Å². The van der Waals surface area contributed by atoms with E-state index >= 15 is 0 Å². The largest absolute Gasteiger partial charge is 0.356 e. The molecule has 0 aromatic heterocycles. The molecule has 0 saturated heterocycles. The van der Waals surface area contributed by atoms with Gasteiger partial charge in [-0.25, -0.2) is 0 Å². The van der Waals surface area contributed by atoms with E-state index < -0.39 is 19.7 Å². The van der Waals surface area contributed by atoms with Crippen molar-refractivity contribution in [2.24, 2.45) is 0 Å². The molecule has 0 fully saturated rings. The monoisotopic (exact) mass is 265 g/mol. The van der Waals surface area contributed by atoms with E-state index in [4.69, 9.17) is 9.79 Å².